The SMILES string of the molecule is Cc1cccc(C[C@H]2S/C(=N/N=Cc3ccco3)NC2=O)c1. The van der Waals surface area contributed by atoms with Crippen LogP contribution in [0.5, 0.6) is 0 Å². The summed E-state index contributed by atoms with van der Waals surface area (Å²) in [6.45, 7) is 2.04. The third-order valence-electron chi connectivity index (χ3n) is 3.16. The van der Waals surface area contributed by atoms with Gasteiger partial charge in [0.05, 0.1) is 17.7 Å². The third kappa shape index (κ3) is 3.65. The summed E-state index contributed by atoms with van der Waals surface area (Å²) in [5, 5.41) is 11.0. The topological polar surface area (TPSA) is 67.0 Å². The van der Waals surface area contributed by atoms with Crippen LogP contribution in [0.25, 0.3) is 0 Å². The van der Waals surface area contributed by atoms with Gasteiger partial charge in [0.25, 0.3) is 0 Å². The van der Waals surface area contributed by atoms with Crippen molar-refractivity contribution in [2.75, 3.05) is 0 Å². The number of hydrogen-bond acceptors (Lipinski definition) is 5. The lowest BCUT2D eigenvalue weighted by atomic mass is 10.1. The van der Waals surface area contributed by atoms with Gasteiger partial charge in [0, 0.05) is 0 Å². The molecule has 1 atom stereocenters. The van der Waals surface area contributed by atoms with Crippen LogP contribution in [0.15, 0.2) is 57.3 Å². The molecule has 5 nitrogen and oxygen atoms in total. The predicted molar refractivity (Wildman–Crippen MR) is 88.1 cm³/mol. The number of hydrogen-bond donors (Lipinski definition) is 1. The van der Waals surface area contributed by atoms with E-state index >= 15 is 0 Å². The van der Waals surface area contributed by atoms with Crippen molar-refractivity contribution in [2.45, 2.75) is 18.6 Å². The van der Waals surface area contributed by atoms with E-state index in [2.05, 4.69) is 21.6 Å². The number of nitrogens with zero attached hydrogens (tertiary/aromatic N) is 2. The third-order valence-corrected chi connectivity index (χ3v) is 4.23. The Hall–Kier alpha value is -2.34. The average Bonchev–Trinajstić information content (AvgIpc) is 3.10. The first-order valence-corrected chi connectivity index (χ1v) is 7.76. The Morgan fingerprint density at radius 1 is 1.36 bits per heavy atom. The number of carbonyl (C=O) groups is 1. The summed E-state index contributed by atoms with van der Waals surface area (Å²) in [7, 11) is 0. The fourth-order valence-corrected chi connectivity index (χ4v) is 3.11. The lowest BCUT2D eigenvalue weighted by Crippen LogP contribution is -2.25. The van der Waals surface area contributed by atoms with Crippen LogP contribution in [-0.4, -0.2) is 22.5 Å². The molecular weight excluding hydrogens is 298 g/mol. The maximum atomic E-state index is 12.0. The fourth-order valence-electron chi connectivity index (χ4n) is 2.14. The molecule has 1 aliphatic heterocycles. The highest BCUT2D eigenvalue weighted by atomic mass is 32.2. The number of rotatable bonds is 4. The quantitative estimate of drug-likeness (QED) is 0.697. The van der Waals surface area contributed by atoms with Crippen LogP contribution in [0.1, 0.15) is 16.9 Å². The second-order valence-corrected chi connectivity index (χ2v) is 6.15. The Morgan fingerprint density at radius 3 is 3.05 bits per heavy atom. The smallest absolute Gasteiger partial charge is 0.239 e. The molecule has 1 aliphatic rings. The van der Waals surface area contributed by atoms with Gasteiger partial charge in [0.2, 0.25) is 5.91 Å². The monoisotopic (exact) mass is 313 g/mol. The Morgan fingerprint density at radius 2 is 2.27 bits per heavy atom. The number of amidine groups is 1. The molecule has 1 aromatic carbocycles. The standard InChI is InChI=1S/C16H15N3O2S/c1-11-4-2-5-12(8-11)9-14-15(20)18-16(22-14)19-17-10-13-6-3-7-21-13/h2-8,10,14H,9H2,1H3,(H,18,19,20)/t14-/m1/s1. The number of thioether (sulfide) groups is 1. The van der Waals surface area contributed by atoms with Crippen LogP contribution >= 0.6 is 11.8 Å². The van der Waals surface area contributed by atoms with Gasteiger partial charge in [-0.1, -0.05) is 41.6 Å². The molecule has 0 aliphatic carbocycles. The van der Waals surface area contributed by atoms with Gasteiger partial charge in [-0.2, -0.15) is 5.10 Å². The normalized spacial score (nSPS) is 20.0. The van der Waals surface area contributed by atoms with Crippen molar-refractivity contribution in [2.24, 2.45) is 10.2 Å². The van der Waals surface area contributed by atoms with Crippen LogP contribution in [0.3, 0.4) is 0 Å². The first kappa shape index (κ1) is 14.6. The number of aryl methyl sites for hydroxylation is 1. The van der Waals surface area contributed by atoms with E-state index in [9.17, 15) is 4.79 Å². The molecule has 22 heavy (non-hydrogen) atoms. The van der Waals surface area contributed by atoms with Gasteiger partial charge in [-0.3, -0.25) is 4.79 Å². The van der Waals surface area contributed by atoms with Crippen LogP contribution in [0.4, 0.5) is 0 Å². The lowest BCUT2D eigenvalue weighted by molar-refractivity contribution is -0.118. The van der Waals surface area contributed by atoms with E-state index in [0.29, 0.717) is 17.3 Å². The zero-order valence-electron chi connectivity index (χ0n) is 12.0. The van der Waals surface area contributed by atoms with Gasteiger partial charge >= 0.3 is 0 Å². The molecule has 1 N–H and O–H groups in total. The Bertz CT molecular complexity index is 723. The van der Waals surface area contributed by atoms with Crippen molar-refractivity contribution in [3.63, 3.8) is 0 Å². The minimum atomic E-state index is -0.167. The van der Waals surface area contributed by atoms with Crippen molar-refractivity contribution in [3.8, 4) is 0 Å². The van der Waals surface area contributed by atoms with Crippen molar-refractivity contribution in [1.29, 1.82) is 0 Å². The van der Waals surface area contributed by atoms with E-state index in [1.165, 1.54) is 23.5 Å². The minimum absolute atomic E-state index is 0.0292. The molecule has 0 spiro atoms. The largest absolute Gasteiger partial charge is 0.463 e. The van der Waals surface area contributed by atoms with Crippen molar-refractivity contribution < 1.29 is 9.21 Å². The fraction of sp³-hybridized carbons (Fsp3) is 0.188. The summed E-state index contributed by atoms with van der Waals surface area (Å²) in [6, 6.07) is 11.7. The van der Waals surface area contributed by atoms with Gasteiger partial charge < -0.3 is 9.73 Å². The molecule has 0 saturated carbocycles. The lowest BCUT2D eigenvalue weighted by Gasteiger charge is -2.05. The van der Waals surface area contributed by atoms with Crippen molar-refractivity contribution >= 4 is 29.1 Å². The predicted octanol–water partition coefficient (Wildman–Crippen LogP) is 2.75. The van der Waals surface area contributed by atoms with Crippen molar-refractivity contribution in [1.82, 2.24) is 5.32 Å². The van der Waals surface area contributed by atoms with Gasteiger partial charge in [-0.05, 0) is 31.0 Å². The second-order valence-electron chi connectivity index (χ2n) is 4.95. The second kappa shape index (κ2) is 6.62. The summed E-state index contributed by atoms with van der Waals surface area (Å²) in [6.07, 6.45) is 3.76. The highest BCUT2D eigenvalue weighted by Gasteiger charge is 2.30. The zero-order valence-corrected chi connectivity index (χ0v) is 12.8. The summed E-state index contributed by atoms with van der Waals surface area (Å²) < 4.78 is 5.12. The van der Waals surface area contributed by atoms with Crippen LogP contribution in [0.2, 0.25) is 0 Å². The molecule has 1 aromatic heterocycles. The molecule has 112 valence electrons. The van der Waals surface area contributed by atoms with Crippen LogP contribution in [0, 0.1) is 6.92 Å². The molecular formula is C16H15N3O2S. The first-order chi connectivity index (χ1) is 10.7. The van der Waals surface area contributed by atoms with Gasteiger partial charge in [-0.15, -0.1) is 5.10 Å². The van der Waals surface area contributed by atoms with E-state index in [4.69, 9.17) is 4.42 Å². The Kier molecular flexibility index (Phi) is 4.39. The molecule has 2 heterocycles. The van der Waals surface area contributed by atoms with Crippen molar-refractivity contribution in [3.05, 3.63) is 59.5 Å². The summed E-state index contributed by atoms with van der Waals surface area (Å²) in [5.41, 5.74) is 2.34. The number of furan rings is 1. The highest BCUT2D eigenvalue weighted by molar-refractivity contribution is 8.15. The number of nitrogens with one attached hydrogen (secondary N) is 1. The minimum Gasteiger partial charge on any atom is -0.463 e. The van der Waals surface area contributed by atoms with Crippen LogP contribution in [-0.2, 0) is 11.2 Å². The highest BCUT2D eigenvalue weighted by Crippen LogP contribution is 2.23. The summed E-state index contributed by atoms with van der Waals surface area (Å²) in [5.74, 6) is 0.591. The van der Waals surface area contributed by atoms with Gasteiger partial charge in [0.1, 0.15) is 5.76 Å². The molecule has 3 rings (SSSR count). The number of benzene rings is 1. The number of amides is 1. The van der Waals surface area contributed by atoms with E-state index in [0.717, 1.165) is 5.56 Å². The van der Waals surface area contributed by atoms with Gasteiger partial charge in [-0.25, -0.2) is 0 Å². The molecule has 1 fully saturated rings. The maximum absolute atomic E-state index is 12.0. The molecule has 2 aromatic rings. The van der Waals surface area contributed by atoms with E-state index in [1.54, 1.807) is 18.4 Å². The Balaban J connectivity index is 1.63. The average molecular weight is 313 g/mol. The summed E-state index contributed by atoms with van der Waals surface area (Å²) in [4.78, 5) is 12.0. The molecule has 6 heteroatoms. The van der Waals surface area contributed by atoms with E-state index in [-0.39, 0.29) is 11.2 Å². The molecule has 1 amide bonds. The molecule has 0 unspecified atom stereocenters. The molecule has 0 radical (unpaired) electrons. The zero-order chi connectivity index (χ0) is 15.4. The first-order valence-electron chi connectivity index (χ1n) is 6.88. The van der Waals surface area contributed by atoms with Crippen LogP contribution < -0.4 is 5.32 Å². The van der Waals surface area contributed by atoms with Gasteiger partial charge in [0.15, 0.2) is 5.17 Å². The van der Waals surface area contributed by atoms with E-state index in [1.807, 2.05) is 25.1 Å². The summed E-state index contributed by atoms with van der Waals surface area (Å²) >= 11 is 1.40. The maximum Gasteiger partial charge on any atom is 0.239 e. The molecule has 0 bridgehead atoms. The number of carbonyl (C=O) groups excluding carboxylic acids is 1. The van der Waals surface area contributed by atoms with E-state index < -0.39 is 0 Å². The molecule has 1 saturated heterocycles. The Labute approximate surface area is 132 Å².